The number of hydrogen-bond acceptors (Lipinski definition) is 6. The smallest absolute Gasteiger partial charge is 0.274 e. The molecule has 176 valence electrons. The number of carbonyl (C=O) groups is 1. The topological polar surface area (TPSA) is 54.3 Å². The number of nitrogens with zero attached hydrogens (tertiary/aromatic N) is 5. The van der Waals surface area contributed by atoms with Gasteiger partial charge in [-0.3, -0.25) is 14.4 Å². The van der Waals surface area contributed by atoms with E-state index in [-0.39, 0.29) is 5.91 Å². The summed E-state index contributed by atoms with van der Waals surface area (Å²) in [5.41, 5.74) is 5.11. The fraction of sp³-hybridized carbons (Fsp3) is 0.346. The van der Waals surface area contributed by atoms with Crippen LogP contribution in [-0.4, -0.2) is 50.6 Å². The van der Waals surface area contributed by atoms with Crippen LogP contribution in [0.5, 0.6) is 0 Å². The van der Waals surface area contributed by atoms with Gasteiger partial charge in [0.1, 0.15) is 5.01 Å². The summed E-state index contributed by atoms with van der Waals surface area (Å²) >= 11 is 3.43. The summed E-state index contributed by atoms with van der Waals surface area (Å²) in [5.74, 6) is -0.0101. The van der Waals surface area contributed by atoms with Crippen molar-refractivity contribution < 1.29 is 4.79 Å². The van der Waals surface area contributed by atoms with Crippen molar-refractivity contribution in [1.29, 1.82) is 0 Å². The Morgan fingerprint density at radius 3 is 2.71 bits per heavy atom. The first kappa shape index (κ1) is 23.0. The van der Waals surface area contributed by atoms with E-state index in [1.54, 1.807) is 27.6 Å². The summed E-state index contributed by atoms with van der Waals surface area (Å²) in [4.78, 5) is 23.6. The predicted molar refractivity (Wildman–Crippen MR) is 138 cm³/mol. The molecule has 0 N–H and O–H groups in total. The van der Waals surface area contributed by atoms with E-state index in [2.05, 4.69) is 39.9 Å². The molecule has 1 aliphatic carbocycles. The molecule has 1 unspecified atom stereocenters. The minimum Gasteiger partial charge on any atom is -0.336 e. The van der Waals surface area contributed by atoms with Gasteiger partial charge in [0.2, 0.25) is 0 Å². The first-order valence-corrected chi connectivity index (χ1v) is 13.3. The van der Waals surface area contributed by atoms with Crippen molar-refractivity contribution in [2.45, 2.75) is 38.4 Å². The van der Waals surface area contributed by atoms with Gasteiger partial charge in [-0.2, -0.15) is 5.10 Å². The van der Waals surface area contributed by atoms with Crippen molar-refractivity contribution in [3.63, 3.8) is 0 Å². The van der Waals surface area contributed by atoms with Crippen molar-refractivity contribution >= 4 is 28.6 Å². The number of amides is 1. The molecule has 3 heterocycles. The second kappa shape index (κ2) is 9.82. The molecule has 5 rings (SSSR count). The van der Waals surface area contributed by atoms with Crippen LogP contribution in [0, 0.1) is 0 Å². The number of hydrogen-bond donors (Lipinski definition) is 0. The van der Waals surface area contributed by atoms with E-state index >= 15 is 0 Å². The van der Waals surface area contributed by atoms with E-state index in [4.69, 9.17) is 4.98 Å². The average Bonchev–Trinajstić information content (AvgIpc) is 3.60. The quantitative estimate of drug-likeness (QED) is 0.370. The van der Waals surface area contributed by atoms with Crippen LogP contribution in [0.4, 0.5) is 0 Å². The van der Waals surface area contributed by atoms with Gasteiger partial charge in [0.15, 0.2) is 5.69 Å². The highest BCUT2D eigenvalue weighted by Gasteiger charge is 2.31. The number of fused-ring (bicyclic) bond motifs is 1. The highest BCUT2D eigenvalue weighted by Crippen LogP contribution is 2.30. The fourth-order valence-electron chi connectivity index (χ4n) is 4.71. The second-order valence-electron chi connectivity index (χ2n) is 8.98. The van der Waals surface area contributed by atoms with Crippen LogP contribution in [0.15, 0.2) is 53.2 Å². The Morgan fingerprint density at radius 1 is 1.12 bits per heavy atom. The highest BCUT2D eigenvalue weighted by molar-refractivity contribution is 7.20. The molecule has 8 heteroatoms. The van der Waals surface area contributed by atoms with E-state index in [0.717, 1.165) is 47.6 Å². The molecule has 4 aromatic rings. The molecule has 0 saturated carbocycles. The number of rotatable bonds is 7. The van der Waals surface area contributed by atoms with E-state index in [0.29, 0.717) is 18.3 Å². The monoisotopic (exact) mass is 491 g/mol. The standard InChI is InChI=1S/C26H29N5OS2/c1-29(16-19-17-34-25(27-19)23-10-7-13-33-23)20-11-12-22-21(14-20)24(28-31(22)3)26(32)30(2)15-18-8-5-4-6-9-18/h4-10,13,17,20H,11-12,14-16H2,1-3H3. The first-order valence-electron chi connectivity index (χ1n) is 11.5. The van der Waals surface area contributed by atoms with Crippen LogP contribution in [0.2, 0.25) is 0 Å². The lowest BCUT2D eigenvalue weighted by molar-refractivity contribution is 0.0776. The summed E-state index contributed by atoms with van der Waals surface area (Å²) in [5, 5.41) is 10.0. The number of thiophene rings is 1. The summed E-state index contributed by atoms with van der Waals surface area (Å²) in [6, 6.07) is 14.6. The van der Waals surface area contributed by atoms with Gasteiger partial charge in [-0.15, -0.1) is 22.7 Å². The lowest BCUT2D eigenvalue weighted by Crippen LogP contribution is -2.37. The molecule has 0 spiro atoms. The number of thiazole rings is 1. The van der Waals surface area contributed by atoms with E-state index < -0.39 is 0 Å². The van der Waals surface area contributed by atoms with Crippen LogP contribution in [0.25, 0.3) is 9.88 Å². The number of aromatic nitrogens is 3. The lowest BCUT2D eigenvalue weighted by atomic mass is 9.90. The molecule has 0 radical (unpaired) electrons. The second-order valence-corrected chi connectivity index (χ2v) is 10.8. The number of aryl methyl sites for hydroxylation is 1. The Labute approximate surface area is 208 Å². The minimum absolute atomic E-state index is 0.0101. The van der Waals surface area contributed by atoms with Gasteiger partial charge < -0.3 is 4.90 Å². The van der Waals surface area contributed by atoms with E-state index in [1.807, 2.05) is 49.1 Å². The highest BCUT2D eigenvalue weighted by atomic mass is 32.1. The van der Waals surface area contributed by atoms with Gasteiger partial charge in [0.05, 0.1) is 10.6 Å². The van der Waals surface area contributed by atoms with Crippen LogP contribution >= 0.6 is 22.7 Å². The zero-order valence-corrected chi connectivity index (χ0v) is 21.4. The molecular weight excluding hydrogens is 462 g/mol. The Bertz CT molecular complexity index is 1260. The zero-order chi connectivity index (χ0) is 23.7. The number of carbonyl (C=O) groups excluding carboxylic acids is 1. The van der Waals surface area contributed by atoms with Crippen molar-refractivity contribution in [1.82, 2.24) is 24.6 Å². The van der Waals surface area contributed by atoms with Gasteiger partial charge >= 0.3 is 0 Å². The van der Waals surface area contributed by atoms with Gasteiger partial charge in [0, 0.05) is 49.9 Å². The first-order chi connectivity index (χ1) is 16.5. The Kier molecular flexibility index (Phi) is 6.63. The number of likely N-dealkylation sites (N-methyl/N-ethyl adjacent to an activating group) is 1. The molecular formula is C26H29N5OS2. The third-order valence-electron chi connectivity index (χ3n) is 6.56. The molecule has 3 aromatic heterocycles. The maximum atomic E-state index is 13.3. The zero-order valence-electron chi connectivity index (χ0n) is 19.8. The molecule has 1 amide bonds. The molecule has 0 aliphatic heterocycles. The van der Waals surface area contributed by atoms with Crippen molar-refractivity contribution in [2.75, 3.05) is 14.1 Å². The van der Waals surface area contributed by atoms with Crippen molar-refractivity contribution in [2.24, 2.45) is 7.05 Å². The largest absolute Gasteiger partial charge is 0.336 e. The summed E-state index contributed by atoms with van der Waals surface area (Å²) in [7, 11) is 5.98. The normalized spacial score (nSPS) is 15.5. The van der Waals surface area contributed by atoms with Crippen LogP contribution in [0.3, 0.4) is 0 Å². The van der Waals surface area contributed by atoms with Crippen molar-refractivity contribution in [3.8, 4) is 9.88 Å². The minimum atomic E-state index is -0.0101. The van der Waals surface area contributed by atoms with Crippen LogP contribution in [0.1, 0.15) is 39.4 Å². The molecule has 0 fully saturated rings. The molecule has 6 nitrogen and oxygen atoms in total. The maximum absolute atomic E-state index is 13.3. The van der Waals surface area contributed by atoms with Crippen molar-refractivity contribution in [3.05, 3.63) is 81.4 Å². The molecule has 1 aliphatic rings. The number of benzene rings is 1. The van der Waals surface area contributed by atoms with Crippen LogP contribution < -0.4 is 0 Å². The van der Waals surface area contributed by atoms with Gasteiger partial charge in [-0.1, -0.05) is 36.4 Å². The lowest BCUT2D eigenvalue weighted by Gasteiger charge is -2.31. The predicted octanol–water partition coefficient (Wildman–Crippen LogP) is 4.87. The van der Waals surface area contributed by atoms with Gasteiger partial charge in [-0.05, 0) is 43.3 Å². The van der Waals surface area contributed by atoms with Crippen LogP contribution in [-0.2, 0) is 33.0 Å². The summed E-state index contributed by atoms with van der Waals surface area (Å²) in [6.07, 6.45) is 2.82. The fourth-order valence-corrected chi connectivity index (χ4v) is 6.33. The van der Waals surface area contributed by atoms with Gasteiger partial charge in [0.25, 0.3) is 5.91 Å². The van der Waals surface area contributed by atoms with E-state index in [1.165, 1.54) is 10.6 Å². The van der Waals surface area contributed by atoms with Gasteiger partial charge in [-0.25, -0.2) is 4.98 Å². The molecule has 34 heavy (non-hydrogen) atoms. The summed E-state index contributed by atoms with van der Waals surface area (Å²) in [6.45, 7) is 1.38. The Morgan fingerprint density at radius 2 is 1.94 bits per heavy atom. The average molecular weight is 492 g/mol. The molecule has 1 aromatic carbocycles. The third-order valence-corrected chi connectivity index (χ3v) is 8.49. The Hall–Kier alpha value is -2.81. The third kappa shape index (κ3) is 4.71. The maximum Gasteiger partial charge on any atom is 0.274 e. The molecule has 0 saturated heterocycles. The summed E-state index contributed by atoms with van der Waals surface area (Å²) < 4.78 is 1.91. The molecule has 0 bridgehead atoms. The SMILES string of the molecule is CN(Cc1ccccc1)C(=O)c1nn(C)c2c1CC(N(C)Cc1csc(-c3cccs3)n1)CC2. The Balaban J connectivity index is 1.29. The molecule has 1 atom stereocenters. The van der Waals surface area contributed by atoms with E-state index in [9.17, 15) is 4.79 Å².